The highest BCUT2D eigenvalue weighted by Gasteiger charge is 2.32. The van der Waals surface area contributed by atoms with Crippen LogP contribution in [0.1, 0.15) is 23.2 Å². The van der Waals surface area contributed by atoms with Gasteiger partial charge in [-0.25, -0.2) is 0 Å². The molecule has 0 atom stereocenters. The van der Waals surface area contributed by atoms with Crippen LogP contribution in [0.15, 0.2) is 24.5 Å². The second-order valence-corrected chi connectivity index (χ2v) is 4.56. The Hall–Kier alpha value is -1.46. The van der Waals surface area contributed by atoms with Crippen molar-refractivity contribution < 1.29 is 9.53 Å². The molecule has 1 saturated heterocycles. The highest BCUT2D eigenvalue weighted by molar-refractivity contribution is 5.93. The lowest BCUT2D eigenvalue weighted by molar-refractivity contribution is -0.0312. The van der Waals surface area contributed by atoms with Crippen molar-refractivity contribution in [2.75, 3.05) is 26.7 Å². The Morgan fingerprint density at radius 3 is 2.94 bits per heavy atom. The van der Waals surface area contributed by atoms with Crippen LogP contribution in [0.3, 0.4) is 0 Å². The largest absolute Gasteiger partial charge is 0.376 e. The van der Waals surface area contributed by atoms with Crippen LogP contribution in [0.4, 0.5) is 0 Å². The molecule has 5 heteroatoms. The summed E-state index contributed by atoms with van der Waals surface area (Å²) in [5, 5.41) is 6.22. The number of pyridine rings is 1. The van der Waals surface area contributed by atoms with Gasteiger partial charge in [0.05, 0.1) is 11.2 Å². The van der Waals surface area contributed by atoms with E-state index in [1.54, 1.807) is 31.6 Å². The minimum absolute atomic E-state index is 0.0990. The molecule has 1 fully saturated rings. The number of rotatable bonds is 4. The average molecular weight is 249 g/mol. The molecular formula is C13H19N3O2. The molecule has 1 aliphatic heterocycles. The number of amides is 1. The van der Waals surface area contributed by atoms with Crippen LogP contribution in [-0.4, -0.2) is 43.2 Å². The Kier molecular flexibility index (Phi) is 4.28. The zero-order valence-corrected chi connectivity index (χ0v) is 10.6. The highest BCUT2D eigenvalue weighted by Crippen LogP contribution is 2.21. The van der Waals surface area contributed by atoms with E-state index in [9.17, 15) is 4.79 Å². The fourth-order valence-electron chi connectivity index (χ4n) is 2.18. The first-order valence-corrected chi connectivity index (χ1v) is 6.20. The quantitative estimate of drug-likeness (QED) is 0.819. The van der Waals surface area contributed by atoms with Crippen LogP contribution >= 0.6 is 0 Å². The molecule has 1 amide bonds. The van der Waals surface area contributed by atoms with Gasteiger partial charge in [-0.05, 0) is 38.1 Å². The van der Waals surface area contributed by atoms with Crippen molar-refractivity contribution in [3.63, 3.8) is 0 Å². The first kappa shape index (κ1) is 13.0. The summed E-state index contributed by atoms with van der Waals surface area (Å²) in [4.78, 5) is 15.9. The van der Waals surface area contributed by atoms with Gasteiger partial charge >= 0.3 is 0 Å². The maximum atomic E-state index is 11.9. The Morgan fingerprint density at radius 2 is 2.33 bits per heavy atom. The molecule has 1 aromatic rings. The molecule has 2 heterocycles. The molecule has 1 aromatic heterocycles. The van der Waals surface area contributed by atoms with Crippen LogP contribution in [0.5, 0.6) is 0 Å². The standard InChI is InChI=1S/C13H19N3O2/c1-18-13(4-7-14-8-5-13)10-16-12(17)11-3-2-6-15-9-11/h2-3,6,9,14H,4-5,7-8,10H2,1H3,(H,16,17). The molecule has 0 unspecified atom stereocenters. The van der Waals surface area contributed by atoms with Crippen molar-refractivity contribution in [1.29, 1.82) is 0 Å². The monoisotopic (exact) mass is 249 g/mol. The predicted molar refractivity (Wildman–Crippen MR) is 68.4 cm³/mol. The molecule has 1 aliphatic rings. The summed E-state index contributed by atoms with van der Waals surface area (Å²) in [6.07, 6.45) is 5.05. The third-order valence-electron chi connectivity index (χ3n) is 3.44. The summed E-state index contributed by atoms with van der Waals surface area (Å²) in [7, 11) is 1.71. The number of carbonyl (C=O) groups is 1. The maximum Gasteiger partial charge on any atom is 0.252 e. The van der Waals surface area contributed by atoms with Gasteiger partial charge in [0, 0.05) is 26.0 Å². The van der Waals surface area contributed by atoms with Gasteiger partial charge in [-0.2, -0.15) is 0 Å². The molecule has 98 valence electrons. The molecule has 0 aliphatic carbocycles. The highest BCUT2D eigenvalue weighted by atomic mass is 16.5. The number of carbonyl (C=O) groups excluding carboxylic acids is 1. The van der Waals surface area contributed by atoms with Gasteiger partial charge in [0.1, 0.15) is 0 Å². The maximum absolute atomic E-state index is 11.9. The molecule has 2 N–H and O–H groups in total. The molecule has 0 saturated carbocycles. The fourth-order valence-corrected chi connectivity index (χ4v) is 2.18. The van der Waals surface area contributed by atoms with E-state index >= 15 is 0 Å². The van der Waals surface area contributed by atoms with E-state index in [1.807, 2.05) is 0 Å². The van der Waals surface area contributed by atoms with E-state index in [2.05, 4.69) is 15.6 Å². The summed E-state index contributed by atoms with van der Waals surface area (Å²) >= 11 is 0. The minimum Gasteiger partial charge on any atom is -0.376 e. The second-order valence-electron chi connectivity index (χ2n) is 4.56. The van der Waals surface area contributed by atoms with Crippen LogP contribution in [0.2, 0.25) is 0 Å². The van der Waals surface area contributed by atoms with Crippen LogP contribution < -0.4 is 10.6 Å². The van der Waals surface area contributed by atoms with Crippen molar-refractivity contribution in [3.8, 4) is 0 Å². The molecule has 2 rings (SSSR count). The Balaban J connectivity index is 1.92. The normalized spacial score (nSPS) is 18.3. The molecule has 0 bridgehead atoms. The summed E-state index contributed by atoms with van der Waals surface area (Å²) in [6.45, 7) is 2.39. The third-order valence-corrected chi connectivity index (χ3v) is 3.44. The average Bonchev–Trinajstić information content (AvgIpc) is 2.47. The van der Waals surface area contributed by atoms with Crippen molar-refractivity contribution in [2.24, 2.45) is 0 Å². The minimum atomic E-state index is -0.233. The topological polar surface area (TPSA) is 63.2 Å². The smallest absolute Gasteiger partial charge is 0.252 e. The van der Waals surface area contributed by atoms with Gasteiger partial charge in [-0.3, -0.25) is 9.78 Å². The lowest BCUT2D eigenvalue weighted by Gasteiger charge is -2.36. The van der Waals surface area contributed by atoms with Gasteiger partial charge in [0.25, 0.3) is 5.91 Å². The molecule has 5 nitrogen and oxygen atoms in total. The van der Waals surface area contributed by atoms with Crippen molar-refractivity contribution in [2.45, 2.75) is 18.4 Å². The van der Waals surface area contributed by atoms with E-state index in [0.29, 0.717) is 12.1 Å². The van der Waals surface area contributed by atoms with Gasteiger partial charge in [-0.15, -0.1) is 0 Å². The van der Waals surface area contributed by atoms with Gasteiger partial charge in [0.2, 0.25) is 0 Å². The van der Waals surface area contributed by atoms with E-state index in [1.165, 1.54) is 0 Å². The van der Waals surface area contributed by atoms with Crippen LogP contribution in [0.25, 0.3) is 0 Å². The Labute approximate surface area is 107 Å². The third kappa shape index (κ3) is 3.05. The Morgan fingerprint density at radius 1 is 1.56 bits per heavy atom. The zero-order chi connectivity index (χ0) is 12.8. The molecule has 18 heavy (non-hydrogen) atoms. The Bertz CT molecular complexity index is 388. The van der Waals surface area contributed by atoms with E-state index < -0.39 is 0 Å². The SMILES string of the molecule is COC1(CNC(=O)c2cccnc2)CCNCC1. The van der Waals surface area contributed by atoms with Crippen molar-refractivity contribution in [3.05, 3.63) is 30.1 Å². The molecule has 0 radical (unpaired) electrons. The summed E-state index contributed by atoms with van der Waals surface area (Å²) < 4.78 is 5.59. The van der Waals surface area contributed by atoms with Gasteiger partial charge in [-0.1, -0.05) is 0 Å². The lowest BCUT2D eigenvalue weighted by atomic mass is 9.92. The van der Waals surface area contributed by atoms with Crippen molar-refractivity contribution in [1.82, 2.24) is 15.6 Å². The van der Waals surface area contributed by atoms with Gasteiger partial charge < -0.3 is 15.4 Å². The first-order valence-electron chi connectivity index (χ1n) is 6.20. The number of nitrogens with zero attached hydrogens (tertiary/aromatic N) is 1. The number of nitrogens with one attached hydrogen (secondary N) is 2. The molecule has 0 spiro atoms. The number of piperidine rings is 1. The number of ether oxygens (including phenoxy) is 1. The number of methoxy groups -OCH3 is 1. The first-order chi connectivity index (χ1) is 8.76. The summed E-state index contributed by atoms with van der Waals surface area (Å²) in [5.41, 5.74) is 0.348. The van der Waals surface area contributed by atoms with Crippen LogP contribution in [-0.2, 0) is 4.74 Å². The van der Waals surface area contributed by atoms with E-state index in [4.69, 9.17) is 4.74 Å². The van der Waals surface area contributed by atoms with E-state index in [-0.39, 0.29) is 11.5 Å². The van der Waals surface area contributed by atoms with Crippen LogP contribution in [0, 0.1) is 0 Å². The van der Waals surface area contributed by atoms with Gasteiger partial charge in [0.15, 0.2) is 0 Å². The zero-order valence-electron chi connectivity index (χ0n) is 10.6. The molecular weight excluding hydrogens is 230 g/mol. The molecule has 0 aromatic carbocycles. The number of aromatic nitrogens is 1. The summed E-state index contributed by atoms with van der Waals surface area (Å²) in [6, 6.07) is 3.51. The fraction of sp³-hybridized carbons (Fsp3) is 0.538. The predicted octanol–water partition coefficient (Wildman–Crippen LogP) is 0.580. The number of hydrogen-bond acceptors (Lipinski definition) is 4. The number of hydrogen-bond donors (Lipinski definition) is 2. The van der Waals surface area contributed by atoms with Crippen molar-refractivity contribution >= 4 is 5.91 Å². The summed E-state index contributed by atoms with van der Waals surface area (Å²) in [5.74, 6) is -0.0990. The van der Waals surface area contributed by atoms with E-state index in [0.717, 1.165) is 25.9 Å². The lowest BCUT2D eigenvalue weighted by Crippen LogP contribution is -2.50. The second kappa shape index (κ2) is 5.93.